The topological polar surface area (TPSA) is 63.0 Å². The highest BCUT2D eigenvalue weighted by molar-refractivity contribution is 6.30. The lowest BCUT2D eigenvalue weighted by atomic mass is 10.1. The first-order valence-corrected chi connectivity index (χ1v) is 4.94. The third kappa shape index (κ3) is 2.88. The molecule has 1 aromatic rings. The minimum Gasteiger partial charge on any atom is -0.461 e. The van der Waals surface area contributed by atoms with Crippen LogP contribution in [0.25, 0.3) is 0 Å². The molecule has 4 nitrogen and oxygen atoms in total. The van der Waals surface area contributed by atoms with Gasteiger partial charge in [0.25, 0.3) is 6.43 Å². The Labute approximate surface area is 101 Å². The smallest absolute Gasteiger partial charge is 0.357 e. The van der Waals surface area contributed by atoms with E-state index >= 15 is 0 Å². The van der Waals surface area contributed by atoms with Crippen LogP contribution in [0, 0.1) is 11.3 Å². The maximum atomic E-state index is 12.7. The Morgan fingerprint density at radius 3 is 2.82 bits per heavy atom. The second-order valence-corrected chi connectivity index (χ2v) is 3.26. The maximum absolute atomic E-state index is 12.7. The van der Waals surface area contributed by atoms with Crippen LogP contribution in [0.2, 0.25) is 5.15 Å². The van der Waals surface area contributed by atoms with E-state index in [1.54, 1.807) is 6.07 Å². The van der Waals surface area contributed by atoms with Gasteiger partial charge in [0.1, 0.15) is 11.2 Å². The van der Waals surface area contributed by atoms with Crippen molar-refractivity contribution in [2.24, 2.45) is 0 Å². The summed E-state index contributed by atoms with van der Waals surface area (Å²) in [5, 5.41) is 8.32. The molecule has 1 heterocycles. The van der Waals surface area contributed by atoms with Gasteiger partial charge in [-0.3, -0.25) is 0 Å². The molecule has 0 N–H and O–H groups in total. The van der Waals surface area contributed by atoms with E-state index in [0.717, 1.165) is 6.07 Å². The average Bonchev–Trinajstić information content (AvgIpc) is 2.28. The molecule has 0 radical (unpaired) electrons. The lowest BCUT2D eigenvalue weighted by Gasteiger charge is -2.08. The van der Waals surface area contributed by atoms with Crippen LogP contribution in [-0.2, 0) is 4.74 Å². The Hall–Kier alpha value is -1.74. The summed E-state index contributed by atoms with van der Waals surface area (Å²) < 4.78 is 29.9. The predicted molar refractivity (Wildman–Crippen MR) is 54.9 cm³/mol. The number of carbonyl (C=O) groups is 1. The summed E-state index contributed by atoms with van der Waals surface area (Å²) in [4.78, 5) is 14.8. The first-order chi connectivity index (χ1) is 8.01. The van der Waals surface area contributed by atoms with Gasteiger partial charge in [0.05, 0.1) is 17.7 Å². The van der Waals surface area contributed by atoms with Crippen LogP contribution in [0.15, 0.2) is 6.07 Å². The Morgan fingerprint density at radius 1 is 1.71 bits per heavy atom. The Kier molecular flexibility index (Phi) is 4.35. The normalized spacial score (nSPS) is 10.1. The van der Waals surface area contributed by atoms with E-state index < -0.39 is 23.7 Å². The van der Waals surface area contributed by atoms with E-state index in [1.807, 2.05) is 0 Å². The molecule has 0 aromatic carbocycles. The third-order valence-electron chi connectivity index (χ3n) is 1.83. The van der Waals surface area contributed by atoms with E-state index in [4.69, 9.17) is 16.9 Å². The standard InChI is InChI=1S/C10H7ClF2N2O2/c1-2-17-10(16)7-6(9(12)13)3-5(4-14)8(11)15-7/h3,9H,2H2,1H3. The Bertz CT molecular complexity index is 486. The van der Waals surface area contributed by atoms with Gasteiger partial charge in [0.2, 0.25) is 0 Å². The summed E-state index contributed by atoms with van der Waals surface area (Å²) in [5.74, 6) is -0.991. The van der Waals surface area contributed by atoms with Gasteiger partial charge in [-0.1, -0.05) is 11.6 Å². The zero-order valence-corrected chi connectivity index (χ0v) is 9.46. The number of nitrogens with zero attached hydrogens (tertiary/aromatic N) is 2. The van der Waals surface area contributed by atoms with Crippen molar-refractivity contribution in [1.29, 1.82) is 5.26 Å². The molecule has 0 spiro atoms. The van der Waals surface area contributed by atoms with Crippen molar-refractivity contribution in [3.63, 3.8) is 0 Å². The minimum absolute atomic E-state index is 0.0286. The molecular formula is C10H7ClF2N2O2. The fraction of sp³-hybridized carbons (Fsp3) is 0.300. The number of carbonyl (C=O) groups excluding carboxylic acids is 1. The number of hydrogen-bond acceptors (Lipinski definition) is 4. The first-order valence-electron chi connectivity index (χ1n) is 4.57. The van der Waals surface area contributed by atoms with Crippen LogP contribution in [0.1, 0.15) is 35.0 Å². The Balaban J connectivity index is 3.34. The molecule has 0 saturated heterocycles. The number of hydrogen-bond donors (Lipinski definition) is 0. The highest BCUT2D eigenvalue weighted by atomic mass is 35.5. The second-order valence-electron chi connectivity index (χ2n) is 2.90. The molecule has 0 aliphatic rings. The van der Waals surface area contributed by atoms with Crippen molar-refractivity contribution < 1.29 is 18.3 Å². The lowest BCUT2D eigenvalue weighted by molar-refractivity contribution is 0.0507. The molecule has 1 rings (SSSR count). The monoisotopic (exact) mass is 260 g/mol. The van der Waals surface area contributed by atoms with Crippen molar-refractivity contribution in [2.45, 2.75) is 13.3 Å². The zero-order chi connectivity index (χ0) is 13.0. The number of alkyl halides is 2. The van der Waals surface area contributed by atoms with Gasteiger partial charge < -0.3 is 4.74 Å². The van der Waals surface area contributed by atoms with E-state index in [1.165, 1.54) is 6.92 Å². The number of ether oxygens (including phenoxy) is 1. The fourth-order valence-electron chi connectivity index (χ4n) is 1.11. The summed E-state index contributed by atoms with van der Waals surface area (Å²) in [7, 11) is 0. The fourth-order valence-corrected chi connectivity index (χ4v) is 1.30. The molecule has 17 heavy (non-hydrogen) atoms. The summed E-state index contributed by atoms with van der Waals surface area (Å²) in [6.07, 6.45) is -2.94. The van der Waals surface area contributed by atoms with E-state index in [9.17, 15) is 13.6 Å². The van der Waals surface area contributed by atoms with Crippen molar-refractivity contribution >= 4 is 17.6 Å². The zero-order valence-electron chi connectivity index (χ0n) is 8.71. The third-order valence-corrected chi connectivity index (χ3v) is 2.12. The maximum Gasteiger partial charge on any atom is 0.357 e. The molecule has 0 aliphatic heterocycles. The second kappa shape index (κ2) is 5.55. The van der Waals surface area contributed by atoms with Crippen molar-refractivity contribution in [3.05, 3.63) is 28.0 Å². The molecule has 0 fully saturated rings. The number of rotatable bonds is 3. The van der Waals surface area contributed by atoms with E-state index in [0.29, 0.717) is 0 Å². The van der Waals surface area contributed by atoms with Crippen molar-refractivity contribution in [3.8, 4) is 6.07 Å². The van der Waals surface area contributed by atoms with E-state index in [-0.39, 0.29) is 17.3 Å². The summed E-state index contributed by atoms with van der Waals surface area (Å²) >= 11 is 5.56. The van der Waals surface area contributed by atoms with Gasteiger partial charge in [-0.15, -0.1) is 0 Å². The van der Waals surface area contributed by atoms with Crippen LogP contribution in [0.4, 0.5) is 8.78 Å². The molecule has 0 unspecified atom stereocenters. The molecule has 90 valence electrons. The van der Waals surface area contributed by atoms with Crippen molar-refractivity contribution in [2.75, 3.05) is 6.61 Å². The van der Waals surface area contributed by atoms with Crippen LogP contribution in [-0.4, -0.2) is 17.6 Å². The number of esters is 1. The molecule has 7 heteroatoms. The van der Waals surface area contributed by atoms with Crippen LogP contribution < -0.4 is 0 Å². The SMILES string of the molecule is CCOC(=O)c1nc(Cl)c(C#N)cc1C(F)F. The average molecular weight is 261 g/mol. The van der Waals surface area contributed by atoms with Gasteiger partial charge >= 0.3 is 5.97 Å². The van der Waals surface area contributed by atoms with Gasteiger partial charge in [-0.25, -0.2) is 18.6 Å². The largest absolute Gasteiger partial charge is 0.461 e. The number of halogens is 3. The summed E-state index contributed by atoms with van der Waals surface area (Å²) in [6, 6.07) is 2.45. The van der Waals surface area contributed by atoms with Gasteiger partial charge in [-0.05, 0) is 13.0 Å². The number of aromatic nitrogens is 1. The van der Waals surface area contributed by atoms with Crippen LogP contribution >= 0.6 is 11.6 Å². The summed E-state index contributed by atoms with van der Waals surface area (Å²) in [5.41, 5.74) is -1.44. The van der Waals surface area contributed by atoms with Gasteiger partial charge in [0.15, 0.2) is 5.69 Å². The van der Waals surface area contributed by atoms with Crippen molar-refractivity contribution in [1.82, 2.24) is 4.98 Å². The molecular weight excluding hydrogens is 254 g/mol. The van der Waals surface area contributed by atoms with Crippen LogP contribution in [0.5, 0.6) is 0 Å². The van der Waals surface area contributed by atoms with Gasteiger partial charge in [0, 0.05) is 0 Å². The molecule has 0 atom stereocenters. The predicted octanol–water partition coefficient (Wildman–Crippen LogP) is 2.72. The van der Waals surface area contributed by atoms with Crippen LogP contribution in [0.3, 0.4) is 0 Å². The minimum atomic E-state index is -2.94. The molecule has 0 bridgehead atoms. The van der Waals surface area contributed by atoms with E-state index in [2.05, 4.69) is 9.72 Å². The lowest BCUT2D eigenvalue weighted by Crippen LogP contribution is -2.12. The quantitative estimate of drug-likeness (QED) is 0.619. The molecule has 1 aromatic heterocycles. The van der Waals surface area contributed by atoms with Gasteiger partial charge in [-0.2, -0.15) is 5.26 Å². The highest BCUT2D eigenvalue weighted by Gasteiger charge is 2.23. The number of pyridine rings is 1. The Morgan fingerprint density at radius 2 is 2.35 bits per heavy atom. The molecule has 0 saturated carbocycles. The summed E-state index contributed by atoms with van der Waals surface area (Å²) in [6.45, 7) is 1.56. The molecule has 0 aliphatic carbocycles. The highest BCUT2D eigenvalue weighted by Crippen LogP contribution is 2.26. The first kappa shape index (κ1) is 13.3. The molecule has 0 amide bonds. The number of nitriles is 1.